The number of benzene rings is 1. The molecule has 0 radical (unpaired) electrons. The van der Waals surface area contributed by atoms with Crippen LogP contribution in [0.3, 0.4) is 0 Å². The molecule has 0 aliphatic carbocycles. The van der Waals surface area contributed by atoms with Crippen molar-refractivity contribution in [1.29, 1.82) is 0 Å². The van der Waals surface area contributed by atoms with Crippen LogP contribution in [0.1, 0.15) is 18.9 Å². The average molecular weight is 304 g/mol. The molecule has 1 N–H and O–H groups in total. The Balaban J connectivity index is 1.43. The normalized spacial score (nSPS) is 28.2. The van der Waals surface area contributed by atoms with E-state index in [9.17, 15) is 4.79 Å². The molecule has 2 aliphatic heterocycles. The lowest BCUT2D eigenvalue weighted by Gasteiger charge is -2.33. The molecule has 22 heavy (non-hydrogen) atoms. The van der Waals surface area contributed by atoms with Gasteiger partial charge in [-0.2, -0.15) is 0 Å². The molecule has 3 rings (SSSR count). The van der Waals surface area contributed by atoms with Gasteiger partial charge >= 0.3 is 0 Å². The maximum absolute atomic E-state index is 12.0. The second kappa shape index (κ2) is 6.67. The van der Waals surface area contributed by atoms with Crippen molar-refractivity contribution in [3.8, 4) is 5.75 Å². The van der Waals surface area contributed by atoms with Crippen molar-refractivity contribution in [1.82, 2.24) is 10.2 Å². The molecule has 2 heterocycles. The summed E-state index contributed by atoms with van der Waals surface area (Å²) >= 11 is 0. The number of hydrogen-bond acceptors (Lipinski definition) is 4. The van der Waals surface area contributed by atoms with E-state index in [-0.39, 0.29) is 24.7 Å². The van der Waals surface area contributed by atoms with Gasteiger partial charge in [-0.25, -0.2) is 0 Å². The molecule has 2 aliphatic rings. The molecule has 0 aromatic heterocycles. The molecule has 5 heteroatoms. The minimum atomic E-state index is -0.0561. The van der Waals surface area contributed by atoms with Gasteiger partial charge in [-0.05, 0) is 32.4 Å². The van der Waals surface area contributed by atoms with Gasteiger partial charge in [0.2, 0.25) is 0 Å². The van der Waals surface area contributed by atoms with Crippen molar-refractivity contribution in [2.24, 2.45) is 0 Å². The van der Waals surface area contributed by atoms with Gasteiger partial charge in [0.25, 0.3) is 5.91 Å². The van der Waals surface area contributed by atoms with E-state index < -0.39 is 0 Å². The molecule has 0 spiro atoms. The quantitative estimate of drug-likeness (QED) is 0.912. The van der Waals surface area contributed by atoms with Crippen LogP contribution in [0.5, 0.6) is 5.75 Å². The summed E-state index contributed by atoms with van der Waals surface area (Å²) < 4.78 is 11.2. The number of carbonyl (C=O) groups excluding carboxylic acids is 1. The lowest BCUT2D eigenvalue weighted by Crippen LogP contribution is -2.45. The largest absolute Gasteiger partial charge is 0.484 e. The fourth-order valence-corrected chi connectivity index (χ4v) is 3.20. The second-order valence-corrected chi connectivity index (χ2v) is 6.35. The first-order valence-corrected chi connectivity index (χ1v) is 7.94. The molecule has 0 bridgehead atoms. The zero-order valence-corrected chi connectivity index (χ0v) is 13.2. The fourth-order valence-electron chi connectivity index (χ4n) is 3.20. The number of ether oxygens (including phenoxy) is 2. The molecule has 2 fully saturated rings. The second-order valence-electron chi connectivity index (χ2n) is 6.35. The number of rotatable bonds is 4. The number of fused-ring (bicyclic) bond motifs is 1. The van der Waals surface area contributed by atoms with E-state index >= 15 is 0 Å². The molecular formula is C17H24N2O3. The van der Waals surface area contributed by atoms with Crippen LogP contribution in [0.2, 0.25) is 0 Å². The minimum Gasteiger partial charge on any atom is -0.484 e. The molecule has 1 amide bonds. The average Bonchev–Trinajstić information content (AvgIpc) is 2.88. The number of hydrogen-bond donors (Lipinski definition) is 1. The summed E-state index contributed by atoms with van der Waals surface area (Å²) in [5.74, 6) is 0.672. The van der Waals surface area contributed by atoms with E-state index in [0.717, 1.165) is 31.9 Å². The van der Waals surface area contributed by atoms with E-state index in [1.54, 1.807) is 0 Å². The van der Waals surface area contributed by atoms with Crippen LogP contribution in [0.25, 0.3) is 0 Å². The molecule has 0 saturated carbocycles. The number of morpholine rings is 1. The van der Waals surface area contributed by atoms with Crippen LogP contribution in [-0.2, 0) is 9.53 Å². The van der Waals surface area contributed by atoms with Crippen molar-refractivity contribution in [3.63, 3.8) is 0 Å². The Morgan fingerprint density at radius 1 is 1.36 bits per heavy atom. The highest BCUT2D eigenvalue weighted by atomic mass is 16.5. The fraction of sp³-hybridized carbons (Fsp3) is 0.588. The highest BCUT2D eigenvalue weighted by Crippen LogP contribution is 2.23. The first-order chi connectivity index (χ1) is 10.6. The van der Waals surface area contributed by atoms with Crippen LogP contribution in [-0.4, -0.2) is 55.3 Å². The maximum Gasteiger partial charge on any atom is 0.258 e. The topological polar surface area (TPSA) is 50.8 Å². The predicted octanol–water partition coefficient (Wildman–Crippen LogP) is 1.35. The van der Waals surface area contributed by atoms with Crippen LogP contribution in [0.15, 0.2) is 24.3 Å². The van der Waals surface area contributed by atoms with E-state index in [0.29, 0.717) is 6.04 Å². The van der Waals surface area contributed by atoms with Crippen LogP contribution in [0.4, 0.5) is 0 Å². The maximum atomic E-state index is 12.0. The van der Waals surface area contributed by atoms with E-state index in [4.69, 9.17) is 9.47 Å². The van der Waals surface area contributed by atoms with Crippen LogP contribution >= 0.6 is 0 Å². The number of nitrogens with zero attached hydrogens (tertiary/aromatic N) is 1. The third-order valence-electron chi connectivity index (χ3n) is 4.35. The summed E-state index contributed by atoms with van der Waals surface area (Å²) in [6, 6.07) is 8.37. The van der Waals surface area contributed by atoms with Gasteiger partial charge in [0, 0.05) is 25.2 Å². The van der Waals surface area contributed by atoms with Crippen molar-refractivity contribution in [3.05, 3.63) is 29.8 Å². The zero-order valence-electron chi connectivity index (χ0n) is 13.2. The zero-order chi connectivity index (χ0) is 15.5. The molecule has 2 saturated heterocycles. The van der Waals surface area contributed by atoms with Crippen LogP contribution in [0, 0.1) is 6.92 Å². The van der Waals surface area contributed by atoms with Gasteiger partial charge in [-0.3, -0.25) is 9.69 Å². The Morgan fingerprint density at radius 3 is 2.91 bits per heavy atom. The van der Waals surface area contributed by atoms with Gasteiger partial charge in [0.05, 0.1) is 12.7 Å². The SMILES string of the molecule is Cc1ccc(OCC(=O)N[C@@H]2C[C@H]3CO[C@H](C)CN3C2)cc1. The van der Waals surface area contributed by atoms with Gasteiger partial charge in [-0.1, -0.05) is 17.7 Å². The van der Waals surface area contributed by atoms with Crippen molar-refractivity contribution >= 4 is 5.91 Å². The molecule has 1 aromatic carbocycles. The molecule has 120 valence electrons. The summed E-state index contributed by atoms with van der Waals surface area (Å²) in [5.41, 5.74) is 1.18. The summed E-state index contributed by atoms with van der Waals surface area (Å²) in [6.07, 6.45) is 1.25. The molecule has 1 aromatic rings. The number of carbonyl (C=O) groups is 1. The summed E-state index contributed by atoms with van der Waals surface area (Å²) in [6.45, 7) is 6.82. The van der Waals surface area contributed by atoms with E-state index in [2.05, 4.69) is 17.1 Å². The smallest absolute Gasteiger partial charge is 0.258 e. The Labute approximate surface area is 131 Å². The highest BCUT2D eigenvalue weighted by Gasteiger charge is 2.36. The van der Waals surface area contributed by atoms with Gasteiger partial charge in [-0.15, -0.1) is 0 Å². The van der Waals surface area contributed by atoms with E-state index in [1.807, 2.05) is 31.2 Å². The van der Waals surface area contributed by atoms with Crippen molar-refractivity contribution in [2.45, 2.75) is 38.5 Å². The number of amides is 1. The highest BCUT2D eigenvalue weighted by molar-refractivity contribution is 5.77. The van der Waals surface area contributed by atoms with Gasteiger partial charge in [0.1, 0.15) is 5.75 Å². The Hall–Kier alpha value is -1.59. The molecule has 3 atom stereocenters. The third kappa shape index (κ3) is 3.78. The Kier molecular flexibility index (Phi) is 4.64. The van der Waals surface area contributed by atoms with Gasteiger partial charge in [0.15, 0.2) is 6.61 Å². The summed E-state index contributed by atoms with van der Waals surface area (Å²) in [5, 5.41) is 3.07. The Bertz CT molecular complexity index is 517. The Morgan fingerprint density at radius 2 is 2.14 bits per heavy atom. The first-order valence-electron chi connectivity index (χ1n) is 7.94. The molecule has 5 nitrogen and oxygen atoms in total. The number of aryl methyl sites for hydroxylation is 1. The monoisotopic (exact) mass is 304 g/mol. The van der Waals surface area contributed by atoms with Crippen molar-refractivity contribution < 1.29 is 14.3 Å². The number of nitrogens with one attached hydrogen (secondary N) is 1. The summed E-state index contributed by atoms with van der Waals surface area (Å²) in [7, 11) is 0. The van der Waals surface area contributed by atoms with Gasteiger partial charge < -0.3 is 14.8 Å². The minimum absolute atomic E-state index is 0.0561. The lowest BCUT2D eigenvalue weighted by atomic mass is 10.1. The molecular weight excluding hydrogens is 280 g/mol. The lowest BCUT2D eigenvalue weighted by molar-refractivity contribution is -0.123. The predicted molar refractivity (Wildman–Crippen MR) is 84.0 cm³/mol. The third-order valence-corrected chi connectivity index (χ3v) is 4.35. The standard InChI is InChI=1S/C17H24N2O3/c1-12-3-5-16(6-4-12)22-11-17(20)18-14-7-15-10-21-13(2)8-19(15)9-14/h3-6,13-15H,7-11H2,1-2H3,(H,18,20)/t13-,14-,15+/m1/s1. The molecule has 0 unspecified atom stereocenters. The first kappa shape index (κ1) is 15.3. The van der Waals surface area contributed by atoms with Crippen molar-refractivity contribution in [2.75, 3.05) is 26.3 Å². The summed E-state index contributed by atoms with van der Waals surface area (Å²) in [4.78, 5) is 14.4. The van der Waals surface area contributed by atoms with E-state index in [1.165, 1.54) is 5.56 Å². The van der Waals surface area contributed by atoms with Crippen LogP contribution < -0.4 is 10.1 Å².